The maximum atomic E-state index is 13.8. The van der Waals surface area contributed by atoms with Gasteiger partial charge in [0.25, 0.3) is 5.56 Å². The van der Waals surface area contributed by atoms with Gasteiger partial charge in [-0.25, -0.2) is 18.6 Å². The third-order valence-corrected chi connectivity index (χ3v) is 4.34. The van der Waals surface area contributed by atoms with Crippen molar-refractivity contribution in [3.8, 4) is 0 Å². The lowest BCUT2D eigenvalue weighted by atomic mass is 10.1. The van der Waals surface area contributed by atoms with Crippen LogP contribution in [-0.4, -0.2) is 24.6 Å². The minimum Gasteiger partial charge on any atom is -0.348 e. The Bertz CT molecular complexity index is 1160. The molecule has 0 saturated carbocycles. The molecule has 0 unspecified atom stereocenters. The number of imidazole rings is 1. The second-order valence-electron chi connectivity index (χ2n) is 6.21. The highest BCUT2D eigenvalue weighted by molar-refractivity contribution is 5.79. The van der Waals surface area contributed by atoms with Crippen molar-refractivity contribution in [1.82, 2.24) is 24.0 Å². The molecule has 0 aliphatic rings. The van der Waals surface area contributed by atoms with Gasteiger partial charge in [-0.15, -0.1) is 0 Å². The molecule has 2 aromatic heterocycles. The summed E-state index contributed by atoms with van der Waals surface area (Å²) in [5.41, 5.74) is -0.693. The quantitative estimate of drug-likeness (QED) is 0.721. The second kappa shape index (κ2) is 6.78. The lowest BCUT2D eigenvalue weighted by Crippen LogP contribution is -2.38. The van der Waals surface area contributed by atoms with E-state index in [0.717, 1.165) is 16.7 Å². The van der Waals surface area contributed by atoms with E-state index in [-0.39, 0.29) is 23.3 Å². The molecule has 0 bridgehead atoms. The largest absolute Gasteiger partial charge is 0.348 e. The lowest BCUT2D eigenvalue weighted by molar-refractivity contribution is -0.122. The molecule has 3 rings (SSSR count). The predicted molar refractivity (Wildman–Crippen MR) is 93.1 cm³/mol. The zero-order valence-electron chi connectivity index (χ0n) is 14.9. The number of halogens is 2. The number of aryl methyl sites for hydroxylation is 1. The van der Waals surface area contributed by atoms with E-state index in [1.807, 2.05) is 0 Å². The Labute approximate surface area is 151 Å². The summed E-state index contributed by atoms with van der Waals surface area (Å²) >= 11 is 0. The maximum Gasteiger partial charge on any atom is 0.332 e. The molecular formula is C17H17F2N5O3. The van der Waals surface area contributed by atoms with Crippen LogP contribution >= 0.6 is 0 Å². The average Bonchev–Trinajstić information content (AvgIpc) is 3.01. The zero-order chi connectivity index (χ0) is 19.9. The van der Waals surface area contributed by atoms with Crippen molar-refractivity contribution in [3.05, 3.63) is 62.6 Å². The van der Waals surface area contributed by atoms with Gasteiger partial charge in [0, 0.05) is 25.7 Å². The first-order valence-electron chi connectivity index (χ1n) is 8.06. The predicted octanol–water partition coefficient (Wildman–Crippen LogP) is 0.589. The second-order valence-corrected chi connectivity index (χ2v) is 6.21. The summed E-state index contributed by atoms with van der Waals surface area (Å²) in [6, 6.07) is 2.40. The van der Waals surface area contributed by atoms with Gasteiger partial charge < -0.3 is 9.88 Å². The summed E-state index contributed by atoms with van der Waals surface area (Å²) in [6.45, 7) is 1.31. The zero-order valence-corrected chi connectivity index (χ0v) is 14.9. The van der Waals surface area contributed by atoms with Crippen molar-refractivity contribution in [2.75, 3.05) is 0 Å². The minimum absolute atomic E-state index is 0.107. The van der Waals surface area contributed by atoms with Crippen LogP contribution in [0, 0.1) is 11.6 Å². The molecule has 1 amide bonds. The molecule has 8 nitrogen and oxygen atoms in total. The molecule has 0 fully saturated rings. The highest BCUT2D eigenvalue weighted by atomic mass is 19.1. The normalized spacial score (nSPS) is 12.3. The summed E-state index contributed by atoms with van der Waals surface area (Å²) in [4.78, 5) is 40.6. The van der Waals surface area contributed by atoms with Gasteiger partial charge in [-0.3, -0.25) is 18.7 Å². The maximum absolute atomic E-state index is 13.8. The Balaban J connectivity index is 1.86. The number of rotatable bonds is 4. The molecule has 1 N–H and O–H groups in total. The number of fused-ring (bicyclic) bond motifs is 1. The van der Waals surface area contributed by atoms with E-state index in [1.54, 1.807) is 6.92 Å². The summed E-state index contributed by atoms with van der Waals surface area (Å²) in [6.07, 6.45) is 1.29. The van der Waals surface area contributed by atoms with Crippen LogP contribution in [0.1, 0.15) is 18.5 Å². The number of nitrogens with zero attached hydrogens (tertiary/aromatic N) is 4. The SMILES string of the molecule is C[C@@H](NC(=O)Cn1cnc2c1c(=O)n(C)c(=O)n2C)c1ccc(F)cc1F. The number of aromatic nitrogens is 4. The summed E-state index contributed by atoms with van der Waals surface area (Å²) in [7, 11) is 2.81. The Morgan fingerprint density at radius 2 is 1.93 bits per heavy atom. The van der Waals surface area contributed by atoms with E-state index in [9.17, 15) is 23.2 Å². The fourth-order valence-electron chi connectivity index (χ4n) is 2.89. The van der Waals surface area contributed by atoms with E-state index in [0.29, 0.717) is 0 Å². The molecule has 1 aromatic carbocycles. The van der Waals surface area contributed by atoms with Crippen LogP contribution in [0.5, 0.6) is 0 Å². The molecule has 10 heteroatoms. The Kier molecular flexibility index (Phi) is 4.64. The van der Waals surface area contributed by atoms with Crippen molar-refractivity contribution in [2.24, 2.45) is 14.1 Å². The van der Waals surface area contributed by atoms with E-state index in [4.69, 9.17) is 0 Å². The van der Waals surface area contributed by atoms with Gasteiger partial charge in [-0.05, 0) is 13.0 Å². The topological polar surface area (TPSA) is 90.9 Å². The molecule has 0 saturated heterocycles. The van der Waals surface area contributed by atoms with Crippen LogP contribution in [-0.2, 0) is 25.4 Å². The Hall–Kier alpha value is -3.30. The summed E-state index contributed by atoms with van der Waals surface area (Å²) in [5.74, 6) is -1.97. The van der Waals surface area contributed by atoms with Crippen molar-refractivity contribution < 1.29 is 13.6 Å². The summed E-state index contributed by atoms with van der Waals surface area (Å²) < 4.78 is 30.3. The third kappa shape index (κ3) is 3.25. The highest BCUT2D eigenvalue weighted by Gasteiger charge is 2.18. The number of benzene rings is 1. The smallest absolute Gasteiger partial charge is 0.332 e. The molecule has 27 heavy (non-hydrogen) atoms. The minimum atomic E-state index is -0.764. The van der Waals surface area contributed by atoms with Gasteiger partial charge >= 0.3 is 5.69 Å². The van der Waals surface area contributed by atoms with Gasteiger partial charge in [0.1, 0.15) is 18.2 Å². The number of nitrogens with one attached hydrogen (secondary N) is 1. The van der Waals surface area contributed by atoms with Crippen molar-refractivity contribution >= 4 is 17.1 Å². The van der Waals surface area contributed by atoms with Crippen molar-refractivity contribution in [3.63, 3.8) is 0 Å². The molecule has 1 atom stereocenters. The van der Waals surface area contributed by atoms with Gasteiger partial charge in [-0.1, -0.05) is 6.07 Å². The van der Waals surface area contributed by atoms with Crippen LogP contribution in [0.25, 0.3) is 11.2 Å². The Morgan fingerprint density at radius 3 is 2.59 bits per heavy atom. The fourth-order valence-corrected chi connectivity index (χ4v) is 2.89. The molecule has 3 aromatic rings. The van der Waals surface area contributed by atoms with Gasteiger partial charge in [0.15, 0.2) is 11.2 Å². The first kappa shape index (κ1) is 18.5. The lowest BCUT2D eigenvalue weighted by Gasteiger charge is -2.15. The van der Waals surface area contributed by atoms with E-state index >= 15 is 0 Å². The van der Waals surface area contributed by atoms with E-state index in [2.05, 4.69) is 10.3 Å². The van der Waals surface area contributed by atoms with Crippen LogP contribution < -0.4 is 16.6 Å². The van der Waals surface area contributed by atoms with Crippen LogP contribution in [0.4, 0.5) is 8.78 Å². The Morgan fingerprint density at radius 1 is 1.22 bits per heavy atom. The van der Waals surface area contributed by atoms with Gasteiger partial charge in [-0.2, -0.15) is 0 Å². The van der Waals surface area contributed by atoms with Gasteiger partial charge in [0.2, 0.25) is 5.91 Å². The van der Waals surface area contributed by atoms with Crippen LogP contribution in [0.3, 0.4) is 0 Å². The first-order valence-corrected chi connectivity index (χ1v) is 8.06. The van der Waals surface area contributed by atoms with Crippen LogP contribution in [0.2, 0.25) is 0 Å². The van der Waals surface area contributed by atoms with Crippen molar-refractivity contribution in [1.29, 1.82) is 0 Å². The molecule has 0 aliphatic heterocycles. The number of carbonyl (C=O) groups is 1. The number of carbonyl (C=O) groups excluding carboxylic acids is 1. The molecule has 0 spiro atoms. The first-order chi connectivity index (χ1) is 12.7. The highest BCUT2D eigenvalue weighted by Crippen LogP contribution is 2.17. The van der Waals surface area contributed by atoms with Crippen LogP contribution in [0.15, 0.2) is 34.1 Å². The average molecular weight is 377 g/mol. The molecule has 0 aliphatic carbocycles. The van der Waals surface area contributed by atoms with E-state index in [1.165, 1.54) is 35.6 Å². The summed E-state index contributed by atoms with van der Waals surface area (Å²) in [5, 5.41) is 2.59. The third-order valence-electron chi connectivity index (χ3n) is 4.34. The molecule has 0 radical (unpaired) electrons. The molecule has 2 heterocycles. The fraction of sp³-hybridized carbons (Fsp3) is 0.294. The van der Waals surface area contributed by atoms with Crippen molar-refractivity contribution in [2.45, 2.75) is 19.5 Å². The molecular weight excluding hydrogens is 360 g/mol. The van der Waals surface area contributed by atoms with Gasteiger partial charge in [0.05, 0.1) is 12.4 Å². The molecule has 142 valence electrons. The number of hydrogen-bond acceptors (Lipinski definition) is 4. The standard InChI is InChI=1S/C17H17F2N5O3/c1-9(11-5-4-10(18)6-12(11)19)21-13(25)7-24-8-20-15-14(24)16(26)23(3)17(27)22(15)2/h4-6,8-9H,7H2,1-3H3,(H,21,25)/t9-/m1/s1. The number of hydrogen-bond donors (Lipinski definition) is 1. The number of amides is 1. The monoisotopic (exact) mass is 377 g/mol. The van der Waals surface area contributed by atoms with E-state index < -0.39 is 34.8 Å².